The van der Waals surface area contributed by atoms with Crippen molar-refractivity contribution in [3.8, 4) is 6.07 Å². The van der Waals surface area contributed by atoms with E-state index in [2.05, 4.69) is 55.4 Å². The summed E-state index contributed by atoms with van der Waals surface area (Å²) in [5, 5.41) is 12.8. The van der Waals surface area contributed by atoms with Crippen molar-refractivity contribution in [3.05, 3.63) is 52.6 Å². The van der Waals surface area contributed by atoms with Crippen molar-refractivity contribution in [3.63, 3.8) is 0 Å². The summed E-state index contributed by atoms with van der Waals surface area (Å²) in [6, 6.07) is 14.9. The molecule has 1 saturated carbocycles. The first kappa shape index (κ1) is 20.2. The molecule has 0 bridgehead atoms. The van der Waals surface area contributed by atoms with E-state index in [-0.39, 0.29) is 0 Å². The maximum Gasteiger partial charge on any atom is 0.127 e. The van der Waals surface area contributed by atoms with E-state index in [1.807, 2.05) is 24.4 Å². The summed E-state index contributed by atoms with van der Waals surface area (Å²) < 4.78 is 1.08. The van der Waals surface area contributed by atoms with E-state index < -0.39 is 0 Å². The molecule has 1 aromatic heterocycles. The summed E-state index contributed by atoms with van der Waals surface area (Å²) in [6.07, 6.45) is 10.9. The molecule has 3 atom stereocenters. The lowest BCUT2D eigenvalue weighted by molar-refractivity contribution is 0.247. The summed E-state index contributed by atoms with van der Waals surface area (Å²) in [6.45, 7) is 2.25. The lowest BCUT2D eigenvalue weighted by Gasteiger charge is -2.39. The summed E-state index contributed by atoms with van der Waals surface area (Å²) >= 11 is 3.56. The van der Waals surface area contributed by atoms with Gasteiger partial charge in [-0.15, -0.1) is 0 Å². The fourth-order valence-electron chi connectivity index (χ4n) is 5.02. The van der Waals surface area contributed by atoms with Crippen LogP contribution in [0.4, 0.5) is 11.5 Å². The quantitative estimate of drug-likeness (QED) is 0.604. The lowest BCUT2D eigenvalue weighted by Crippen LogP contribution is -2.39. The number of hydrogen-bond acceptors (Lipinski definition) is 4. The molecule has 2 aliphatic rings. The third kappa shape index (κ3) is 5.30. The van der Waals surface area contributed by atoms with Crippen molar-refractivity contribution in [2.75, 3.05) is 23.3 Å². The van der Waals surface area contributed by atoms with E-state index >= 15 is 0 Å². The minimum absolute atomic E-state index is 0.524. The second-order valence-electron chi connectivity index (χ2n) is 8.50. The molecule has 1 saturated heterocycles. The van der Waals surface area contributed by atoms with Gasteiger partial charge in [-0.05, 0) is 80.3 Å². The third-order valence-corrected chi connectivity index (χ3v) is 6.97. The van der Waals surface area contributed by atoms with E-state index in [1.54, 1.807) is 0 Å². The average molecular weight is 453 g/mol. The Bertz CT molecular complexity index is 845. The van der Waals surface area contributed by atoms with E-state index in [1.165, 1.54) is 50.6 Å². The molecule has 0 spiro atoms. The summed E-state index contributed by atoms with van der Waals surface area (Å²) in [4.78, 5) is 7.02. The van der Waals surface area contributed by atoms with Crippen LogP contribution in [-0.4, -0.2) is 24.1 Å². The summed E-state index contributed by atoms with van der Waals surface area (Å²) in [5.74, 6) is 2.44. The van der Waals surface area contributed by atoms with E-state index in [0.29, 0.717) is 6.04 Å². The fraction of sp³-hybridized carbons (Fsp3) is 0.500. The number of nitrogens with one attached hydrogen (secondary N) is 1. The molecule has 0 unspecified atom stereocenters. The number of nitrogens with zero attached hydrogens (tertiary/aromatic N) is 3. The first-order chi connectivity index (χ1) is 14.2. The van der Waals surface area contributed by atoms with E-state index in [4.69, 9.17) is 5.26 Å². The fourth-order valence-corrected chi connectivity index (χ4v) is 5.36. The lowest BCUT2D eigenvalue weighted by atomic mass is 9.77. The Morgan fingerprint density at radius 3 is 2.72 bits per heavy atom. The van der Waals surface area contributed by atoms with Crippen molar-refractivity contribution in [2.45, 2.75) is 51.0 Å². The van der Waals surface area contributed by atoms with Gasteiger partial charge in [-0.2, -0.15) is 5.26 Å². The zero-order chi connectivity index (χ0) is 20.1. The first-order valence-electron chi connectivity index (χ1n) is 10.8. The molecule has 1 aliphatic heterocycles. The highest BCUT2D eigenvalue weighted by atomic mass is 79.9. The molecule has 2 fully saturated rings. The predicted octanol–water partition coefficient (Wildman–Crippen LogP) is 5.99. The highest BCUT2D eigenvalue weighted by Gasteiger charge is 2.30. The van der Waals surface area contributed by atoms with Crippen LogP contribution in [0.5, 0.6) is 0 Å². The van der Waals surface area contributed by atoms with Crippen LogP contribution in [0.2, 0.25) is 0 Å². The molecule has 29 heavy (non-hydrogen) atoms. The van der Waals surface area contributed by atoms with Gasteiger partial charge in [0.1, 0.15) is 5.82 Å². The maximum absolute atomic E-state index is 9.03. The number of halogens is 1. The Morgan fingerprint density at radius 1 is 1.10 bits per heavy atom. The van der Waals surface area contributed by atoms with Gasteiger partial charge in [0.2, 0.25) is 0 Å². The van der Waals surface area contributed by atoms with E-state index in [0.717, 1.165) is 40.8 Å². The molecular weight excluding hydrogens is 424 g/mol. The normalized spacial score (nSPS) is 24.7. The van der Waals surface area contributed by atoms with Gasteiger partial charge in [-0.25, -0.2) is 4.98 Å². The number of nitriles is 1. The van der Waals surface area contributed by atoms with Crippen molar-refractivity contribution in [2.24, 2.45) is 11.8 Å². The number of piperidine rings is 1. The topological polar surface area (TPSA) is 52.0 Å². The molecule has 4 nitrogen and oxygen atoms in total. The van der Waals surface area contributed by atoms with Gasteiger partial charge in [0.05, 0.1) is 11.6 Å². The minimum atomic E-state index is 0.524. The Labute approximate surface area is 182 Å². The molecule has 4 rings (SSSR count). The summed E-state index contributed by atoms with van der Waals surface area (Å²) in [7, 11) is 0. The van der Waals surface area contributed by atoms with Gasteiger partial charge >= 0.3 is 0 Å². The number of anilines is 2. The Balaban J connectivity index is 1.38. The van der Waals surface area contributed by atoms with Crippen LogP contribution in [0, 0.1) is 23.2 Å². The monoisotopic (exact) mass is 452 g/mol. The largest absolute Gasteiger partial charge is 0.371 e. The van der Waals surface area contributed by atoms with Gasteiger partial charge in [0, 0.05) is 35.5 Å². The number of hydrogen-bond donors (Lipinski definition) is 1. The molecule has 0 amide bonds. The molecule has 1 aliphatic carbocycles. The highest BCUT2D eigenvalue weighted by Crippen LogP contribution is 2.35. The molecule has 2 heterocycles. The third-order valence-electron chi connectivity index (χ3n) is 6.48. The van der Waals surface area contributed by atoms with Gasteiger partial charge in [-0.3, -0.25) is 0 Å². The molecule has 1 N–H and O–H groups in total. The zero-order valence-electron chi connectivity index (χ0n) is 16.9. The van der Waals surface area contributed by atoms with Crippen LogP contribution in [0.1, 0.15) is 50.5 Å². The second-order valence-corrected chi connectivity index (χ2v) is 9.42. The molecule has 1 aromatic carbocycles. The molecular formula is C24H29BrN4. The van der Waals surface area contributed by atoms with Crippen molar-refractivity contribution in [1.82, 2.24) is 4.98 Å². The molecule has 152 valence electrons. The van der Waals surface area contributed by atoms with Crippen LogP contribution < -0.4 is 10.2 Å². The standard InChI is InChI=1S/C24H29BrN4/c25-21-11-12-27-24(15-21)28-23-6-2-1-5-20(23)14-19-4-3-13-29(17-19)22-9-7-18(16-26)8-10-22/h7-12,15,19-20,23H,1-6,13-14,17H2,(H,27,28)/t19-,20+,23-/m1/s1. The predicted molar refractivity (Wildman–Crippen MR) is 122 cm³/mol. The molecule has 5 heteroatoms. The van der Waals surface area contributed by atoms with Crippen LogP contribution in [0.15, 0.2) is 47.1 Å². The highest BCUT2D eigenvalue weighted by molar-refractivity contribution is 9.10. The number of aromatic nitrogens is 1. The molecule has 2 aromatic rings. The van der Waals surface area contributed by atoms with Crippen LogP contribution in [0.25, 0.3) is 0 Å². The first-order valence-corrected chi connectivity index (χ1v) is 11.6. The van der Waals surface area contributed by atoms with Crippen LogP contribution in [0.3, 0.4) is 0 Å². The number of pyridine rings is 1. The van der Waals surface area contributed by atoms with Gasteiger partial charge < -0.3 is 10.2 Å². The zero-order valence-corrected chi connectivity index (χ0v) is 18.4. The van der Waals surface area contributed by atoms with Crippen LogP contribution >= 0.6 is 15.9 Å². The second kappa shape index (κ2) is 9.63. The Kier molecular flexibility index (Phi) is 6.71. The average Bonchev–Trinajstić information content (AvgIpc) is 2.75. The van der Waals surface area contributed by atoms with Crippen molar-refractivity contribution in [1.29, 1.82) is 5.26 Å². The van der Waals surface area contributed by atoms with Crippen molar-refractivity contribution >= 4 is 27.4 Å². The summed E-state index contributed by atoms with van der Waals surface area (Å²) in [5.41, 5.74) is 1.99. The Hall–Kier alpha value is -2.06. The van der Waals surface area contributed by atoms with Gasteiger partial charge in [-0.1, -0.05) is 28.8 Å². The Morgan fingerprint density at radius 2 is 1.93 bits per heavy atom. The smallest absolute Gasteiger partial charge is 0.127 e. The van der Waals surface area contributed by atoms with Crippen LogP contribution in [-0.2, 0) is 0 Å². The van der Waals surface area contributed by atoms with Gasteiger partial charge in [0.15, 0.2) is 0 Å². The van der Waals surface area contributed by atoms with Gasteiger partial charge in [0.25, 0.3) is 0 Å². The number of rotatable bonds is 5. The minimum Gasteiger partial charge on any atom is -0.371 e. The van der Waals surface area contributed by atoms with Crippen molar-refractivity contribution < 1.29 is 0 Å². The van der Waals surface area contributed by atoms with E-state index in [9.17, 15) is 0 Å². The maximum atomic E-state index is 9.03. The SMILES string of the molecule is N#Cc1ccc(N2CCC[C@H](C[C@@H]3CCCC[C@H]3Nc3cc(Br)ccn3)C2)cc1. The number of benzene rings is 1. The molecule has 0 radical (unpaired) electrons.